The quantitative estimate of drug-likeness (QED) is 0.648. The molecule has 1 saturated heterocycles. The molecule has 0 aromatic rings. The van der Waals surface area contributed by atoms with Gasteiger partial charge in [0, 0.05) is 25.0 Å². The Morgan fingerprint density at radius 1 is 1.57 bits per heavy atom. The molecule has 0 aliphatic carbocycles. The van der Waals surface area contributed by atoms with Crippen LogP contribution in [0.4, 0.5) is 0 Å². The van der Waals surface area contributed by atoms with E-state index >= 15 is 0 Å². The van der Waals surface area contributed by atoms with Crippen LogP contribution in [0.5, 0.6) is 0 Å². The maximum atomic E-state index is 5.31. The summed E-state index contributed by atoms with van der Waals surface area (Å²) in [5.74, 6) is 2.72. The van der Waals surface area contributed by atoms with Crippen LogP contribution in [0.25, 0.3) is 0 Å². The van der Waals surface area contributed by atoms with Crippen LogP contribution in [-0.2, 0) is 0 Å². The molecule has 0 aromatic carbocycles. The van der Waals surface area contributed by atoms with E-state index in [1.165, 1.54) is 25.8 Å². The van der Waals surface area contributed by atoms with Crippen LogP contribution in [0, 0.1) is 12.3 Å². The van der Waals surface area contributed by atoms with Gasteiger partial charge in [0.2, 0.25) is 0 Å². The third kappa shape index (κ3) is 4.13. The molecule has 0 spiro atoms. The normalized spacial score (nSPS) is 24.1. The van der Waals surface area contributed by atoms with Gasteiger partial charge in [-0.05, 0) is 25.8 Å². The predicted octanol–water partition coefficient (Wildman–Crippen LogP) is 1.52. The zero-order valence-corrected chi connectivity index (χ0v) is 9.18. The van der Waals surface area contributed by atoms with E-state index in [1.807, 2.05) is 0 Å². The van der Waals surface area contributed by atoms with Gasteiger partial charge in [0.15, 0.2) is 0 Å². The number of hydrogen-bond acceptors (Lipinski definition) is 2. The molecule has 0 radical (unpaired) electrons. The van der Waals surface area contributed by atoms with Crippen molar-refractivity contribution >= 4 is 0 Å². The van der Waals surface area contributed by atoms with Crippen molar-refractivity contribution in [2.45, 2.75) is 51.1 Å². The van der Waals surface area contributed by atoms with E-state index in [9.17, 15) is 0 Å². The third-order valence-corrected chi connectivity index (χ3v) is 2.92. The van der Waals surface area contributed by atoms with Crippen molar-refractivity contribution in [2.75, 3.05) is 13.1 Å². The van der Waals surface area contributed by atoms with Crippen molar-refractivity contribution in [1.29, 1.82) is 0 Å². The van der Waals surface area contributed by atoms with Gasteiger partial charge in [-0.3, -0.25) is 0 Å². The Labute approximate surface area is 87.8 Å². The third-order valence-electron chi connectivity index (χ3n) is 2.92. The van der Waals surface area contributed by atoms with Crippen LogP contribution >= 0.6 is 0 Å². The highest BCUT2D eigenvalue weighted by Gasteiger charge is 2.13. The highest BCUT2D eigenvalue weighted by molar-refractivity contribution is 4.90. The Balaban J connectivity index is 2.14. The summed E-state index contributed by atoms with van der Waals surface area (Å²) in [6.45, 7) is 4.43. The largest absolute Gasteiger partial charge is 0.313 e. The lowest BCUT2D eigenvalue weighted by atomic mass is 10.0. The van der Waals surface area contributed by atoms with Crippen LogP contribution in [0.3, 0.4) is 0 Å². The van der Waals surface area contributed by atoms with E-state index in [1.54, 1.807) is 0 Å². The maximum Gasteiger partial charge on any atom is 0.0240 e. The van der Waals surface area contributed by atoms with E-state index in [0.717, 1.165) is 19.4 Å². The first-order valence-electron chi connectivity index (χ1n) is 5.77. The fourth-order valence-electron chi connectivity index (χ4n) is 1.91. The van der Waals surface area contributed by atoms with Gasteiger partial charge in [0.1, 0.15) is 0 Å². The fourth-order valence-corrected chi connectivity index (χ4v) is 1.91. The summed E-state index contributed by atoms with van der Waals surface area (Å²) < 4.78 is 0. The number of piperidine rings is 1. The molecule has 1 fully saturated rings. The highest BCUT2D eigenvalue weighted by atomic mass is 15.0. The smallest absolute Gasteiger partial charge is 0.0240 e. The van der Waals surface area contributed by atoms with Crippen molar-refractivity contribution < 1.29 is 0 Å². The van der Waals surface area contributed by atoms with Crippen molar-refractivity contribution in [3.05, 3.63) is 0 Å². The van der Waals surface area contributed by atoms with E-state index in [-0.39, 0.29) is 0 Å². The monoisotopic (exact) mass is 194 g/mol. The molecule has 2 nitrogen and oxygen atoms in total. The Morgan fingerprint density at radius 3 is 3.00 bits per heavy atom. The second-order valence-electron chi connectivity index (χ2n) is 4.07. The highest BCUT2D eigenvalue weighted by Crippen LogP contribution is 2.06. The van der Waals surface area contributed by atoms with Gasteiger partial charge in [-0.1, -0.05) is 13.3 Å². The molecule has 1 aliphatic heterocycles. The Kier molecular flexibility index (Phi) is 5.66. The van der Waals surface area contributed by atoms with Crippen molar-refractivity contribution in [1.82, 2.24) is 10.6 Å². The van der Waals surface area contributed by atoms with Crippen molar-refractivity contribution in [2.24, 2.45) is 0 Å². The molecular weight excluding hydrogens is 172 g/mol. The SMILES string of the molecule is C#CCC(CC)NCC1CCCCN1. The van der Waals surface area contributed by atoms with Gasteiger partial charge < -0.3 is 10.6 Å². The molecule has 0 bridgehead atoms. The lowest BCUT2D eigenvalue weighted by Gasteiger charge is -2.25. The minimum atomic E-state index is 0.503. The molecule has 2 N–H and O–H groups in total. The van der Waals surface area contributed by atoms with Crippen LogP contribution in [0.2, 0.25) is 0 Å². The first-order chi connectivity index (χ1) is 6.86. The van der Waals surface area contributed by atoms with Crippen molar-refractivity contribution in [3.8, 4) is 12.3 Å². The molecule has 0 amide bonds. The number of hydrogen-bond donors (Lipinski definition) is 2. The van der Waals surface area contributed by atoms with E-state index in [0.29, 0.717) is 12.1 Å². The zero-order chi connectivity index (χ0) is 10.2. The molecule has 2 atom stereocenters. The van der Waals surface area contributed by atoms with Crippen LogP contribution in [-0.4, -0.2) is 25.2 Å². The minimum absolute atomic E-state index is 0.503. The average molecular weight is 194 g/mol. The molecule has 1 aliphatic rings. The van der Waals surface area contributed by atoms with Crippen LogP contribution in [0.15, 0.2) is 0 Å². The molecule has 80 valence electrons. The Morgan fingerprint density at radius 2 is 2.43 bits per heavy atom. The van der Waals surface area contributed by atoms with Crippen molar-refractivity contribution in [3.63, 3.8) is 0 Å². The Bertz CT molecular complexity index is 177. The van der Waals surface area contributed by atoms with Gasteiger partial charge in [0.05, 0.1) is 0 Å². The summed E-state index contributed by atoms with van der Waals surface area (Å²) in [5.41, 5.74) is 0. The summed E-state index contributed by atoms with van der Waals surface area (Å²) >= 11 is 0. The van der Waals surface area contributed by atoms with E-state index in [2.05, 4.69) is 23.5 Å². The zero-order valence-electron chi connectivity index (χ0n) is 9.18. The van der Waals surface area contributed by atoms with Gasteiger partial charge in [-0.15, -0.1) is 12.3 Å². The van der Waals surface area contributed by atoms with Crippen LogP contribution in [0.1, 0.15) is 39.0 Å². The second kappa shape index (κ2) is 6.86. The summed E-state index contributed by atoms with van der Waals surface area (Å²) in [6.07, 6.45) is 11.3. The van der Waals surface area contributed by atoms with E-state index in [4.69, 9.17) is 6.42 Å². The van der Waals surface area contributed by atoms with Crippen LogP contribution < -0.4 is 10.6 Å². The van der Waals surface area contributed by atoms with Gasteiger partial charge in [0.25, 0.3) is 0 Å². The van der Waals surface area contributed by atoms with Gasteiger partial charge in [-0.2, -0.15) is 0 Å². The molecular formula is C12H22N2. The molecule has 1 rings (SSSR count). The first-order valence-corrected chi connectivity index (χ1v) is 5.77. The lowest BCUT2D eigenvalue weighted by molar-refractivity contribution is 0.363. The first kappa shape index (κ1) is 11.6. The lowest BCUT2D eigenvalue weighted by Crippen LogP contribution is -2.44. The second-order valence-corrected chi connectivity index (χ2v) is 4.07. The molecule has 2 unspecified atom stereocenters. The molecule has 0 aromatic heterocycles. The number of terminal acetylenes is 1. The topological polar surface area (TPSA) is 24.1 Å². The maximum absolute atomic E-state index is 5.31. The fraction of sp³-hybridized carbons (Fsp3) is 0.833. The van der Waals surface area contributed by atoms with E-state index < -0.39 is 0 Å². The van der Waals surface area contributed by atoms with Gasteiger partial charge >= 0.3 is 0 Å². The molecule has 1 heterocycles. The van der Waals surface area contributed by atoms with Gasteiger partial charge in [-0.25, -0.2) is 0 Å². The number of rotatable bonds is 5. The summed E-state index contributed by atoms with van der Waals surface area (Å²) in [4.78, 5) is 0. The summed E-state index contributed by atoms with van der Waals surface area (Å²) in [6, 6.07) is 1.17. The minimum Gasteiger partial charge on any atom is -0.313 e. The standard InChI is InChI=1S/C12H22N2/c1-3-7-11(4-2)14-10-12-8-5-6-9-13-12/h1,11-14H,4-10H2,2H3. The summed E-state index contributed by atoms with van der Waals surface area (Å²) in [7, 11) is 0. The Hall–Kier alpha value is -0.520. The predicted molar refractivity (Wildman–Crippen MR) is 61.2 cm³/mol. The average Bonchev–Trinajstić information content (AvgIpc) is 2.25. The number of nitrogens with one attached hydrogen (secondary N) is 2. The molecule has 2 heteroatoms. The summed E-state index contributed by atoms with van der Waals surface area (Å²) in [5, 5.41) is 7.06. The molecule has 0 saturated carbocycles. The molecule has 14 heavy (non-hydrogen) atoms.